The highest BCUT2D eigenvalue weighted by Gasteiger charge is 2.43. The highest BCUT2D eigenvalue weighted by molar-refractivity contribution is 5.33. The number of hydrogen-bond acceptors (Lipinski definition) is 2. The van der Waals surface area contributed by atoms with Crippen molar-refractivity contribution >= 4 is 0 Å². The first-order valence-corrected chi connectivity index (χ1v) is 8.10. The normalized spacial score (nSPS) is 26.6. The number of nitrogens with zero attached hydrogens (tertiary/aromatic N) is 1. The minimum Gasteiger partial charge on any atom is -0.497 e. The van der Waals surface area contributed by atoms with Crippen LogP contribution in [0.5, 0.6) is 5.75 Å². The van der Waals surface area contributed by atoms with Crippen molar-refractivity contribution in [3.05, 3.63) is 29.8 Å². The molecule has 1 N–H and O–H groups in total. The van der Waals surface area contributed by atoms with Gasteiger partial charge in [0.15, 0.2) is 0 Å². The summed E-state index contributed by atoms with van der Waals surface area (Å²) in [5.74, 6) is 1.14. The van der Waals surface area contributed by atoms with Gasteiger partial charge in [-0.15, -0.1) is 0 Å². The summed E-state index contributed by atoms with van der Waals surface area (Å²) in [4.78, 5) is 0. The second-order valence-electron chi connectivity index (χ2n) is 7.03. The zero-order valence-corrected chi connectivity index (χ0v) is 13.9. The Balaban J connectivity index is 2.30. The Hall–Kier alpha value is -1.06. The lowest BCUT2D eigenvalue weighted by molar-refractivity contribution is -0.893. The van der Waals surface area contributed by atoms with Gasteiger partial charge in [-0.25, -0.2) is 0 Å². The van der Waals surface area contributed by atoms with Crippen LogP contribution < -0.4 is 4.74 Å². The molecule has 0 bridgehead atoms. The monoisotopic (exact) mass is 292 g/mol. The van der Waals surface area contributed by atoms with Crippen LogP contribution in [-0.4, -0.2) is 43.9 Å². The van der Waals surface area contributed by atoms with Crippen molar-refractivity contribution in [1.29, 1.82) is 0 Å². The van der Waals surface area contributed by atoms with E-state index in [9.17, 15) is 5.11 Å². The number of methoxy groups -OCH3 is 1. The van der Waals surface area contributed by atoms with Crippen LogP contribution in [0.1, 0.15) is 38.2 Å². The molecule has 118 valence electrons. The largest absolute Gasteiger partial charge is 0.497 e. The van der Waals surface area contributed by atoms with Crippen LogP contribution in [0.4, 0.5) is 0 Å². The Labute approximate surface area is 129 Å². The molecule has 0 spiro atoms. The lowest BCUT2D eigenvalue weighted by Gasteiger charge is -2.44. The summed E-state index contributed by atoms with van der Waals surface area (Å²) in [6.07, 6.45) is 4.29. The maximum Gasteiger partial charge on any atom is 0.119 e. The van der Waals surface area contributed by atoms with Crippen LogP contribution in [0.15, 0.2) is 24.3 Å². The average molecular weight is 292 g/mol. The van der Waals surface area contributed by atoms with Gasteiger partial charge in [0.2, 0.25) is 0 Å². The third-order valence-electron chi connectivity index (χ3n) is 5.18. The van der Waals surface area contributed by atoms with Gasteiger partial charge in [0, 0.05) is 5.92 Å². The minimum atomic E-state index is -0.711. The maximum atomic E-state index is 11.4. The molecule has 2 unspecified atom stereocenters. The predicted molar refractivity (Wildman–Crippen MR) is 86.4 cm³/mol. The summed E-state index contributed by atoms with van der Waals surface area (Å²) in [6, 6.07) is 7.98. The molecule has 0 heterocycles. The maximum absolute atomic E-state index is 11.4. The Morgan fingerprint density at radius 1 is 1.33 bits per heavy atom. The van der Waals surface area contributed by atoms with Gasteiger partial charge in [-0.3, -0.25) is 0 Å². The van der Waals surface area contributed by atoms with Gasteiger partial charge in [-0.2, -0.15) is 0 Å². The zero-order chi connectivity index (χ0) is 15.5. The van der Waals surface area contributed by atoms with Gasteiger partial charge in [-0.1, -0.05) is 25.0 Å². The first-order chi connectivity index (χ1) is 9.91. The summed E-state index contributed by atoms with van der Waals surface area (Å²) in [7, 11) is 6.18. The molecule has 1 aromatic rings. The smallest absolute Gasteiger partial charge is 0.119 e. The van der Waals surface area contributed by atoms with E-state index in [4.69, 9.17) is 4.74 Å². The van der Waals surface area contributed by atoms with E-state index in [1.54, 1.807) is 7.11 Å². The highest BCUT2D eigenvalue weighted by Crippen LogP contribution is 2.43. The van der Waals surface area contributed by atoms with Crippen LogP contribution in [0.3, 0.4) is 0 Å². The molecular formula is C18H30NO2+. The fourth-order valence-corrected chi connectivity index (χ4v) is 3.47. The molecule has 1 aliphatic carbocycles. The summed E-state index contributed by atoms with van der Waals surface area (Å²) >= 11 is 0. The van der Waals surface area contributed by atoms with E-state index in [2.05, 4.69) is 21.0 Å². The molecule has 2 atom stereocenters. The van der Waals surface area contributed by atoms with Gasteiger partial charge in [-0.05, 0) is 37.5 Å². The van der Waals surface area contributed by atoms with Crippen molar-refractivity contribution in [2.75, 3.05) is 34.3 Å². The van der Waals surface area contributed by atoms with E-state index in [1.165, 1.54) is 6.42 Å². The van der Waals surface area contributed by atoms with E-state index < -0.39 is 5.60 Å². The quantitative estimate of drug-likeness (QED) is 0.845. The van der Waals surface area contributed by atoms with Crippen molar-refractivity contribution in [3.8, 4) is 5.75 Å². The van der Waals surface area contributed by atoms with Crippen molar-refractivity contribution < 1.29 is 14.3 Å². The van der Waals surface area contributed by atoms with Crippen LogP contribution in [0, 0.1) is 5.92 Å². The first-order valence-electron chi connectivity index (χ1n) is 8.10. The lowest BCUT2D eigenvalue weighted by Crippen LogP contribution is -2.50. The third-order valence-corrected chi connectivity index (χ3v) is 5.18. The first kappa shape index (κ1) is 16.3. The molecule has 1 fully saturated rings. The van der Waals surface area contributed by atoms with Crippen molar-refractivity contribution in [2.24, 2.45) is 5.92 Å². The SMILES string of the molecule is CC[N+](C)(C)CC1CCCCC1(O)c1cccc(OC)c1. The average Bonchev–Trinajstić information content (AvgIpc) is 2.49. The van der Waals surface area contributed by atoms with Crippen molar-refractivity contribution in [3.63, 3.8) is 0 Å². The molecule has 0 amide bonds. The molecule has 0 radical (unpaired) electrons. The number of aliphatic hydroxyl groups is 1. The second-order valence-corrected chi connectivity index (χ2v) is 7.03. The number of benzene rings is 1. The number of hydrogen-bond donors (Lipinski definition) is 1. The standard InChI is InChI=1S/C18H30NO2/c1-5-19(2,3)14-16-9-6-7-12-18(16,20)15-10-8-11-17(13-15)21-4/h8,10-11,13,16,20H,5-7,9,12,14H2,1-4H3/q+1. The van der Waals surface area contributed by atoms with Gasteiger partial charge >= 0.3 is 0 Å². The fraction of sp³-hybridized carbons (Fsp3) is 0.667. The molecule has 1 saturated carbocycles. The summed E-state index contributed by atoms with van der Waals surface area (Å²) in [6.45, 7) is 4.32. The fourth-order valence-electron chi connectivity index (χ4n) is 3.47. The Kier molecular flexibility index (Phi) is 4.95. The molecule has 2 rings (SSSR count). The van der Waals surface area contributed by atoms with Crippen LogP contribution in [0.25, 0.3) is 0 Å². The molecule has 1 aliphatic rings. The molecule has 0 aliphatic heterocycles. The molecule has 3 nitrogen and oxygen atoms in total. The van der Waals surface area contributed by atoms with E-state index in [0.717, 1.165) is 48.1 Å². The predicted octanol–water partition coefficient (Wildman–Crippen LogP) is 3.17. The van der Waals surface area contributed by atoms with Crippen LogP contribution in [0.2, 0.25) is 0 Å². The third kappa shape index (κ3) is 3.58. The molecule has 3 heteroatoms. The number of rotatable bonds is 5. The van der Waals surface area contributed by atoms with Crippen molar-refractivity contribution in [2.45, 2.75) is 38.2 Å². The van der Waals surface area contributed by atoms with Crippen LogP contribution in [-0.2, 0) is 5.60 Å². The Morgan fingerprint density at radius 3 is 2.76 bits per heavy atom. The minimum absolute atomic E-state index is 0.313. The molecule has 1 aromatic carbocycles. The van der Waals surface area contributed by atoms with E-state index in [0.29, 0.717) is 5.92 Å². The Morgan fingerprint density at radius 2 is 2.10 bits per heavy atom. The molecule has 0 saturated heterocycles. The van der Waals surface area contributed by atoms with E-state index in [1.807, 2.05) is 24.3 Å². The zero-order valence-electron chi connectivity index (χ0n) is 13.9. The molecule has 0 aromatic heterocycles. The van der Waals surface area contributed by atoms with E-state index in [-0.39, 0.29) is 0 Å². The Bertz CT molecular complexity index is 472. The number of quaternary nitrogens is 1. The lowest BCUT2D eigenvalue weighted by atomic mass is 9.71. The van der Waals surface area contributed by atoms with Gasteiger partial charge in [0.05, 0.1) is 39.9 Å². The van der Waals surface area contributed by atoms with Gasteiger partial charge in [0.1, 0.15) is 5.75 Å². The van der Waals surface area contributed by atoms with Crippen molar-refractivity contribution in [1.82, 2.24) is 0 Å². The van der Waals surface area contributed by atoms with Gasteiger partial charge < -0.3 is 14.3 Å². The topological polar surface area (TPSA) is 29.5 Å². The second kappa shape index (κ2) is 6.37. The van der Waals surface area contributed by atoms with Gasteiger partial charge in [0.25, 0.3) is 0 Å². The molecule has 21 heavy (non-hydrogen) atoms. The number of ether oxygens (including phenoxy) is 1. The molecular weight excluding hydrogens is 262 g/mol. The van der Waals surface area contributed by atoms with E-state index >= 15 is 0 Å². The van der Waals surface area contributed by atoms with Crippen LogP contribution >= 0.6 is 0 Å². The summed E-state index contributed by atoms with van der Waals surface area (Å²) in [5.41, 5.74) is 0.306. The summed E-state index contributed by atoms with van der Waals surface area (Å²) in [5, 5.41) is 11.4. The highest BCUT2D eigenvalue weighted by atomic mass is 16.5. The summed E-state index contributed by atoms with van der Waals surface area (Å²) < 4.78 is 6.29.